The quantitative estimate of drug-likeness (QED) is 0.801. The Hall–Kier alpha value is -1.69. The standard InChI is InChI=1S/C21H30N4OS/c1-4-6-17-22-20(25-11-9-24(10-12-25)18(26)5-2)19-15-8-7-14(3)13-16(15)27-21(19)23-17/h14H,4-13H2,1-3H3. The monoisotopic (exact) mass is 386 g/mol. The number of carbonyl (C=O) groups excluding carboxylic acids is 1. The smallest absolute Gasteiger partial charge is 0.222 e. The van der Waals surface area contributed by atoms with Crippen molar-refractivity contribution in [2.45, 2.75) is 59.3 Å². The van der Waals surface area contributed by atoms with Crippen LogP contribution in [0.3, 0.4) is 0 Å². The van der Waals surface area contributed by atoms with E-state index < -0.39 is 0 Å². The van der Waals surface area contributed by atoms with Gasteiger partial charge in [0.1, 0.15) is 16.5 Å². The van der Waals surface area contributed by atoms with Crippen LogP contribution in [-0.2, 0) is 24.1 Å². The molecule has 1 amide bonds. The largest absolute Gasteiger partial charge is 0.352 e. The summed E-state index contributed by atoms with van der Waals surface area (Å²) in [5, 5.41) is 1.30. The number of piperazine rings is 1. The van der Waals surface area contributed by atoms with E-state index in [9.17, 15) is 4.79 Å². The van der Waals surface area contributed by atoms with E-state index in [1.165, 1.54) is 33.5 Å². The summed E-state index contributed by atoms with van der Waals surface area (Å²) >= 11 is 1.89. The van der Waals surface area contributed by atoms with Crippen LogP contribution in [0.5, 0.6) is 0 Å². The summed E-state index contributed by atoms with van der Waals surface area (Å²) in [6.07, 6.45) is 6.16. The van der Waals surface area contributed by atoms with E-state index >= 15 is 0 Å². The fraction of sp³-hybridized carbons (Fsp3) is 0.667. The molecular weight excluding hydrogens is 356 g/mol. The number of hydrogen-bond donors (Lipinski definition) is 0. The number of fused-ring (bicyclic) bond motifs is 3. The zero-order valence-corrected chi connectivity index (χ0v) is 17.6. The van der Waals surface area contributed by atoms with Crippen molar-refractivity contribution in [2.75, 3.05) is 31.1 Å². The number of amides is 1. The lowest BCUT2D eigenvalue weighted by atomic mass is 9.89. The molecule has 0 radical (unpaired) electrons. The van der Waals surface area contributed by atoms with Crippen molar-refractivity contribution < 1.29 is 4.79 Å². The van der Waals surface area contributed by atoms with Gasteiger partial charge < -0.3 is 9.80 Å². The van der Waals surface area contributed by atoms with Crippen molar-refractivity contribution in [1.82, 2.24) is 14.9 Å². The van der Waals surface area contributed by atoms with Crippen LogP contribution in [-0.4, -0.2) is 47.0 Å². The summed E-state index contributed by atoms with van der Waals surface area (Å²) in [6, 6.07) is 0. The average molecular weight is 387 g/mol. The van der Waals surface area contributed by atoms with Gasteiger partial charge in [-0.2, -0.15) is 0 Å². The van der Waals surface area contributed by atoms with Gasteiger partial charge in [0.05, 0.1) is 5.39 Å². The Labute approximate surface area is 165 Å². The van der Waals surface area contributed by atoms with E-state index in [1.54, 1.807) is 0 Å². The minimum absolute atomic E-state index is 0.260. The van der Waals surface area contributed by atoms with E-state index in [4.69, 9.17) is 9.97 Å². The van der Waals surface area contributed by atoms with E-state index in [1.807, 2.05) is 23.2 Å². The molecule has 0 aromatic carbocycles. The van der Waals surface area contributed by atoms with Gasteiger partial charge in [-0.05, 0) is 37.2 Å². The predicted octanol–water partition coefficient (Wildman–Crippen LogP) is 3.83. The highest BCUT2D eigenvalue weighted by molar-refractivity contribution is 7.19. The van der Waals surface area contributed by atoms with Crippen LogP contribution in [0.1, 0.15) is 56.3 Å². The van der Waals surface area contributed by atoms with Crippen molar-refractivity contribution in [3.63, 3.8) is 0 Å². The molecule has 4 rings (SSSR count). The van der Waals surface area contributed by atoms with Crippen LogP contribution in [0.15, 0.2) is 0 Å². The highest BCUT2D eigenvalue weighted by Gasteiger charge is 2.28. The van der Waals surface area contributed by atoms with Crippen LogP contribution in [0, 0.1) is 5.92 Å². The van der Waals surface area contributed by atoms with E-state index in [-0.39, 0.29) is 5.91 Å². The van der Waals surface area contributed by atoms with Gasteiger partial charge in [0.2, 0.25) is 5.91 Å². The number of hydrogen-bond acceptors (Lipinski definition) is 5. The summed E-state index contributed by atoms with van der Waals surface area (Å²) in [7, 11) is 0. The minimum atomic E-state index is 0.260. The Morgan fingerprint density at radius 1 is 1.19 bits per heavy atom. The Kier molecular flexibility index (Phi) is 5.35. The molecule has 2 aromatic heterocycles. The number of aromatic nitrogens is 2. The molecule has 5 nitrogen and oxygen atoms in total. The van der Waals surface area contributed by atoms with Crippen molar-refractivity contribution in [3.8, 4) is 0 Å². The number of thiophene rings is 1. The second-order valence-electron chi connectivity index (χ2n) is 7.97. The lowest BCUT2D eigenvalue weighted by Gasteiger charge is -2.36. The molecular formula is C21H30N4OS. The maximum atomic E-state index is 12.0. The van der Waals surface area contributed by atoms with Crippen molar-refractivity contribution in [2.24, 2.45) is 5.92 Å². The molecule has 1 aliphatic carbocycles. The van der Waals surface area contributed by atoms with Gasteiger partial charge >= 0.3 is 0 Å². The maximum Gasteiger partial charge on any atom is 0.222 e. The summed E-state index contributed by atoms with van der Waals surface area (Å²) in [4.78, 5) is 29.1. The Morgan fingerprint density at radius 2 is 1.96 bits per heavy atom. The lowest BCUT2D eigenvalue weighted by Crippen LogP contribution is -2.49. The SMILES string of the molecule is CCCc1nc(N2CCN(C(=O)CC)CC2)c2c3c(sc2n1)CC(C)CC3. The summed E-state index contributed by atoms with van der Waals surface area (Å²) < 4.78 is 0. The molecule has 6 heteroatoms. The first kappa shape index (κ1) is 18.7. The van der Waals surface area contributed by atoms with E-state index in [0.717, 1.165) is 63.0 Å². The molecule has 1 unspecified atom stereocenters. The molecule has 0 N–H and O–H groups in total. The van der Waals surface area contributed by atoms with Gasteiger partial charge in [0.15, 0.2) is 0 Å². The fourth-order valence-corrected chi connectivity index (χ4v) is 5.72. The molecule has 0 saturated carbocycles. The maximum absolute atomic E-state index is 12.0. The van der Waals surface area contributed by atoms with E-state index in [0.29, 0.717) is 6.42 Å². The number of anilines is 1. The molecule has 1 aliphatic heterocycles. The number of rotatable bonds is 4. The fourth-order valence-electron chi connectivity index (χ4n) is 4.32. The summed E-state index contributed by atoms with van der Waals surface area (Å²) in [5.74, 6) is 3.12. The van der Waals surface area contributed by atoms with Crippen molar-refractivity contribution in [1.29, 1.82) is 0 Å². The van der Waals surface area contributed by atoms with Crippen molar-refractivity contribution >= 4 is 33.3 Å². The molecule has 1 fully saturated rings. The highest BCUT2D eigenvalue weighted by atomic mass is 32.1. The predicted molar refractivity (Wildman–Crippen MR) is 112 cm³/mol. The van der Waals surface area contributed by atoms with Crippen LogP contribution < -0.4 is 4.90 Å². The van der Waals surface area contributed by atoms with Gasteiger partial charge in [0, 0.05) is 43.9 Å². The third-order valence-electron chi connectivity index (χ3n) is 5.89. The van der Waals surface area contributed by atoms with Gasteiger partial charge in [0.25, 0.3) is 0 Å². The minimum Gasteiger partial charge on any atom is -0.352 e. The third-order valence-corrected chi connectivity index (χ3v) is 7.04. The second-order valence-corrected chi connectivity index (χ2v) is 9.05. The first-order valence-corrected chi connectivity index (χ1v) is 11.3. The molecule has 3 heterocycles. The second kappa shape index (κ2) is 7.74. The molecule has 27 heavy (non-hydrogen) atoms. The first-order valence-electron chi connectivity index (χ1n) is 10.4. The Bertz CT molecular complexity index is 838. The van der Waals surface area contributed by atoms with Gasteiger partial charge in [-0.15, -0.1) is 11.3 Å². The van der Waals surface area contributed by atoms with Gasteiger partial charge in [-0.25, -0.2) is 9.97 Å². The molecule has 0 spiro atoms. The molecule has 2 aliphatic rings. The molecule has 1 atom stereocenters. The van der Waals surface area contributed by atoms with Crippen LogP contribution in [0.2, 0.25) is 0 Å². The molecule has 1 saturated heterocycles. The summed E-state index contributed by atoms with van der Waals surface area (Å²) in [5.41, 5.74) is 1.50. The summed E-state index contributed by atoms with van der Waals surface area (Å²) in [6.45, 7) is 9.80. The molecule has 2 aromatic rings. The molecule has 146 valence electrons. The zero-order chi connectivity index (χ0) is 19.0. The molecule has 0 bridgehead atoms. The Balaban J connectivity index is 1.71. The third kappa shape index (κ3) is 3.56. The van der Waals surface area contributed by atoms with Gasteiger partial charge in [-0.3, -0.25) is 4.79 Å². The van der Waals surface area contributed by atoms with Crippen LogP contribution in [0.25, 0.3) is 10.2 Å². The Morgan fingerprint density at radius 3 is 2.67 bits per heavy atom. The topological polar surface area (TPSA) is 49.3 Å². The van der Waals surface area contributed by atoms with Gasteiger partial charge in [-0.1, -0.05) is 20.8 Å². The highest BCUT2D eigenvalue weighted by Crippen LogP contribution is 2.41. The van der Waals surface area contributed by atoms with Crippen LogP contribution >= 0.6 is 11.3 Å². The normalized spacial score (nSPS) is 20.2. The number of carbonyl (C=O) groups is 1. The number of nitrogens with zero attached hydrogens (tertiary/aromatic N) is 4. The van der Waals surface area contributed by atoms with Crippen LogP contribution in [0.4, 0.5) is 5.82 Å². The zero-order valence-electron chi connectivity index (χ0n) is 16.8. The lowest BCUT2D eigenvalue weighted by molar-refractivity contribution is -0.131. The number of aryl methyl sites for hydroxylation is 2. The van der Waals surface area contributed by atoms with Crippen molar-refractivity contribution in [3.05, 3.63) is 16.3 Å². The first-order chi connectivity index (χ1) is 13.1. The average Bonchev–Trinajstić information content (AvgIpc) is 3.04. The van der Waals surface area contributed by atoms with E-state index in [2.05, 4.69) is 18.7 Å².